The summed E-state index contributed by atoms with van der Waals surface area (Å²) < 4.78 is 4.73. The third-order valence-corrected chi connectivity index (χ3v) is 6.15. The number of phenolic OH excluding ortho intramolecular Hbond substituents is 2. The van der Waals surface area contributed by atoms with Crippen molar-refractivity contribution in [3.05, 3.63) is 46.2 Å². The molecule has 1 aromatic carbocycles. The molecule has 5 atom stereocenters. The molecule has 1 aromatic rings. The van der Waals surface area contributed by atoms with Gasteiger partial charge in [-0.3, -0.25) is 14.4 Å². The average Bonchev–Trinajstić information content (AvgIpc) is 2.66. The third-order valence-electron chi connectivity index (χ3n) is 6.15. The Morgan fingerprint density at radius 1 is 1.10 bits per heavy atom. The van der Waals surface area contributed by atoms with Crippen molar-refractivity contribution in [2.24, 2.45) is 11.8 Å². The van der Waals surface area contributed by atoms with Crippen LogP contribution in [0.3, 0.4) is 0 Å². The summed E-state index contributed by atoms with van der Waals surface area (Å²) in [6, 6.07) is 0. The average molecular weight is 416 g/mol. The number of aliphatic hydroxyl groups is 3. The topological polar surface area (TPSA) is 162 Å². The first-order valence-corrected chi connectivity index (χ1v) is 9.28. The SMILES string of the molecule is COC(=O)C1c2c(O)c3c(c(O)c2C(O)CC1(C)O)C(=O)C1C(O)=CC=CC1C3=O. The van der Waals surface area contributed by atoms with E-state index in [0.717, 1.165) is 7.11 Å². The number of hydrogen-bond acceptors (Lipinski definition) is 9. The number of ketones is 2. The second kappa shape index (κ2) is 6.41. The van der Waals surface area contributed by atoms with Crippen molar-refractivity contribution >= 4 is 17.5 Å². The largest absolute Gasteiger partial charge is 0.512 e. The fourth-order valence-corrected chi connectivity index (χ4v) is 4.81. The molecule has 0 aromatic heterocycles. The number of benzene rings is 1. The Morgan fingerprint density at radius 2 is 1.70 bits per heavy atom. The van der Waals surface area contributed by atoms with Gasteiger partial charge in [0, 0.05) is 17.5 Å². The van der Waals surface area contributed by atoms with E-state index in [-0.39, 0.29) is 16.9 Å². The molecule has 0 fully saturated rings. The molecule has 0 saturated heterocycles. The summed E-state index contributed by atoms with van der Waals surface area (Å²) >= 11 is 0. The van der Waals surface area contributed by atoms with Crippen LogP contribution in [0, 0.1) is 11.8 Å². The molecule has 0 spiro atoms. The molecule has 5 N–H and O–H groups in total. The monoisotopic (exact) mass is 416 g/mol. The van der Waals surface area contributed by atoms with Gasteiger partial charge in [0.2, 0.25) is 0 Å². The minimum Gasteiger partial charge on any atom is -0.512 e. The van der Waals surface area contributed by atoms with Crippen molar-refractivity contribution in [2.75, 3.05) is 7.11 Å². The Balaban J connectivity index is 2.07. The van der Waals surface area contributed by atoms with Crippen LogP contribution in [0.15, 0.2) is 24.0 Å². The van der Waals surface area contributed by atoms with E-state index < -0.39 is 76.0 Å². The number of aliphatic hydroxyl groups excluding tert-OH is 2. The highest BCUT2D eigenvalue weighted by Crippen LogP contribution is 2.55. The third kappa shape index (κ3) is 2.45. The van der Waals surface area contributed by atoms with Crippen LogP contribution >= 0.6 is 0 Å². The number of allylic oxidation sites excluding steroid dienone is 4. The Morgan fingerprint density at radius 3 is 2.33 bits per heavy atom. The normalized spacial score (nSPS) is 32.1. The van der Waals surface area contributed by atoms with Gasteiger partial charge >= 0.3 is 5.97 Å². The molecular formula is C21H20O9. The van der Waals surface area contributed by atoms with Crippen LogP contribution in [0.2, 0.25) is 0 Å². The molecule has 158 valence electrons. The van der Waals surface area contributed by atoms with Crippen LogP contribution < -0.4 is 0 Å². The molecule has 4 rings (SSSR count). The van der Waals surface area contributed by atoms with Crippen LogP contribution in [-0.2, 0) is 9.53 Å². The number of esters is 1. The zero-order chi connectivity index (χ0) is 22.1. The van der Waals surface area contributed by atoms with E-state index >= 15 is 0 Å². The number of methoxy groups -OCH3 is 1. The first kappa shape index (κ1) is 20.1. The summed E-state index contributed by atoms with van der Waals surface area (Å²) in [5.74, 6) is -8.31. The smallest absolute Gasteiger partial charge is 0.316 e. The molecule has 0 radical (unpaired) electrons. The standard InChI is InChI=1S/C21H20O9/c1-21(29)6-9(23)11-12(15(21)20(28)30-2)19(27)13-14(18(11)26)17(25)10-7(16(13)24)4-3-5-8(10)22/h3-5,7,9-10,15,22-23,26-27,29H,6H2,1-2H3. The van der Waals surface area contributed by atoms with Gasteiger partial charge in [0.1, 0.15) is 23.2 Å². The summed E-state index contributed by atoms with van der Waals surface area (Å²) in [4.78, 5) is 38.7. The number of carbonyl (C=O) groups is 3. The molecule has 0 heterocycles. The molecule has 0 saturated carbocycles. The van der Waals surface area contributed by atoms with Crippen molar-refractivity contribution < 1.29 is 44.7 Å². The molecule has 3 aliphatic carbocycles. The van der Waals surface area contributed by atoms with Crippen molar-refractivity contribution in [1.82, 2.24) is 0 Å². The molecule has 5 unspecified atom stereocenters. The quantitative estimate of drug-likeness (QED) is 0.334. The molecule has 30 heavy (non-hydrogen) atoms. The Kier molecular flexibility index (Phi) is 4.30. The number of fused-ring (bicyclic) bond motifs is 3. The lowest BCUT2D eigenvalue weighted by Gasteiger charge is -2.41. The van der Waals surface area contributed by atoms with Crippen molar-refractivity contribution in [1.29, 1.82) is 0 Å². The highest BCUT2D eigenvalue weighted by molar-refractivity contribution is 6.21. The van der Waals surface area contributed by atoms with E-state index in [1.54, 1.807) is 0 Å². The number of rotatable bonds is 1. The molecule has 3 aliphatic rings. The number of phenols is 2. The molecular weight excluding hydrogens is 396 g/mol. The zero-order valence-electron chi connectivity index (χ0n) is 16.1. The Bertz CT molecular complexity index is 1060. The van der Waals surface area contributed by atoms with Gasteiger partial charge in [0.05, 0.1) is 41.8 Å². The summed E-state index contributed by atoms with van der Waals surface area (Å²) in [6.45, 7) is 1.26. The predicted molar refractivity (Wildman–Crippen MR) is 100 cm³/mol. The maximum atomic E-state index is 13.1. The number of hydrogen-bond donors (Lipinski definition) is 5. The lowest BCUT2D eigenvalue weighted by molar-refractivity contribution is -0.151. The van der Waals surface area contributed by atoms with Gasteiger partial charge in [0.25, 0.3) is 0 Å². The highest BCUT2D eigenvalue weighted by Gasteiger charge is 2.54. The van der Waals surface area contributed by atoms with E-state index in [4.69, 9.17) is 4.74 Å². The van der Waals surface area contributed by atoms with E-state index in [2.05, 4.69) is 0 Å². The van der Waals surface area contributed by atoms with Crippen molar-refractivity contribution in [3.8, 4) is 11.5 Å². The molecule has 0 bridgehead atoms. The van der Waals surface area contributed by atoms with Gasteiger partial charge in [-0.1, -0.05) is 12.2 Å². The van der Waals surface area contributed by atoms with Crippen LogP contribution in [0.5, 0.6) is 11.5 Å². The highest BCUT2D eigenvalue weighted by atomic mass is 16.5. The first-order chi connectivity index (χ1) is 14.0. The van der Waals surface area contributed by atoms with Crippen LogP contribution in [-0.4, -0.2) is 55.8 Å². The summed E-state index contributed by atoms with van der Waals surface area (Å²) in [6.07, 6.45) is 2.11. The van der Waals surface area contributed by atoms with E-state index in [0.29, 0.717) is 0 Å². The van der Waals surface area contributed by atoms with Crippen molar-refractivity contribution in [3.63, 3.8) is 0 Å². The predicted octanol–water partition coefficient (Wildman–Crippen LogP) is 1.17. The van der Waals surface area contributed by atoms with Crippen molar-refractivity contribution in [2.45, 2.75) is 31.0 Å². The lowest BCUT2D eigenvalue weighted by Crippen LogP contribution is -2.45. The number of carbonyl (C=O) groups excluding carboxylic acids is 3. The molecule has 9 nitrogen and oxygen atoms in total. The minimum atomic E-state index is -1.87. The van der Waals surface area contributed by atoms with Gasteiger partial charge in [-0.05, 0) is 13.0 Å². The molecule has 9 heteroatoms. The Labute approximate surface area is 170 Å². The Hall–Kier alpha value is -3.17. The summed E-state index contributed by atoms with van der Waals surface area (Å²) in [5, 5.41) is 53.3. The van der Waals surface area contributed by atoms with E-state index in [9.17, 15) is 39.9 Å². The van der Waals surface area contributed by atoms with Gasteiger partial charge in [-0.15, -0.1) is 0 Å². The first-order valence-electron chi connectivity index (χ1n) is 9.28. The van der Waals surface area contributed by atoms with Gasteiger partial charge in [0.15, 0.2) is 11.6 Å². The van der Waals surface area contributed by atoms with Crippen LogP contribution in [0.25, 0.3) is 0 Å². The fourth-order valence-electron chi connectivity index (χ4n) is 4.81. The van der Waals surface area contributed by atoms with Gasteiger partial charge in [-0.25, -0.2) is 0 Å². The molecule has 0 aliphatic heterocycles. The fraction of sp³-hybridized carbons (Fsp3) is 0.381. The second-order valence-electron chi connectivity index (χ2n) is 8.02. The summed E-state index contributed by atoms with van der Waals surface area (Å²) in [5.41, 5.74) is -3.61. The zero-order valence-corrected chi connectivity index (χ0v) is 16.1. The van der Waals surface area contributed by atoms with Gasteiger partial charge in [-0.2, -0.15) is 0 Å². The number of ether oxygens (including phenoxy) is 1. The number of aromatic hydroxyl groups is 2. The molecule has 0 amide bonds. The maximum absolute atomic E-state index is 13.1. The van der Waals surface area contributed by atoms with Gasteiger partial charge < -0.3 is 30.3 Å². The minimum absolute atomic E-state index is 0.331. The van der Waals surface area contributed by atoms with Crippen LogP contribution in [0.4, 0.5) is 0 Å². The van der Waals surface area contributed by atoms with Crippen LogP contribution in [0.1, 0.15) is 57.2 Å². The van der Waals surface area contributed by atoms with E-state index in [1.807, 2.05) is 0 Å². The second-order valence-corrected chi connectivity index (χ2v) is 8.02. The lowest BCUT2D eigenvalue weighted by atomic mass is 9.65. The van der Waals surface area contributed by atoms with E-state index in [1.165, 1.54) is 25.2 Å². The number of Topliss-reactive ketones (excluding diaryl/α,β-unsaturated/α-hetero) is 2. The maximum Gasteiger partial charge on any atom is 0.316 e. The summed E-state index contributed by atoms with van der Waals surface area (Å²) in [7, 11) is 1.07.